The number of thioether (sulfide) groups is 1. The van der Waals surface area contributed by atoms with Crippen molar-refractivity contribution < 1.29 is 9.53 Å². The molecule has 0 aliphatic heterocycles. The van der Waals surface area contributed by atoms with Crippen molar-refractivity contribution in [2.45, 2.75) is 32.1 Å². The van der Waals surface area contributed by atoms with Crippen molar-refractivity contribution in [1.82, 2.24) is 5.32 Å². The van der Waals surface area contributed by atoms with Crippen molar-refractivity contribution in [3.63, 3.8) is 0 Å². The molecule has 0 bridgehead atoms. The Bertz CT molecular complexity index is 676. The summed E-state index contributed by atoms with van der Waals surface area (Å²) in [6.45, 7) is 4.60. The van der Waals surface area contributed by atoms with Crippen LogP contribution in [0.2, 0.25) is 5.02 Å². The van der Waals surface area contributed by atoms with Crippen LogP contribution < -0.4 is 10.1 Å². The highest BCUT2D eigenvalue weighted by Gasteiger charge is 2.17. The summed E-state index contributed by atoms with van der Waals surface area (Å²) >= 11 is 7.74. The van der Waals surface area contributed by atoms with Crippen LogP contribution in [-0.4, -0.2) is 24.3 Å². The van der Waals surface area contributed by atoms with E-state index >= 15 is 0 Å². The summed E-state index contributed by atoms with van der Waals surface area (Å²) in [6.07, 6.45) is 0.177. The molecule has 0 heterocycles. The molecule has 0 spiro atoms. The van der Waals surface area contributed by atoms with E-state index < -0.39 is 6.10 Å². The topological polar surface area (TPSA) is 38.3 Å². The quantitative estimate of drug-likeness (QED) is 0.634. The van der Waals surface area contributed by atoms with Crippen LogP contribution in [0.15, 0.2) is 48.5 Å². The van der Waals surface area contributed by atoms with E-state index in [1.165, 1.54) is 11.1 Å². The maximum atomic E-state index is 12.3. The zero-order chi connectivity index (χ0) is 18.1. The van der Waals surface area contributed by atoms with Gasteiger partial charge < -0.3 is 10.1 Å². The second-order valence-electron chi connectivity index (χ2n) is 5.80. The molecule has 0 aliphatic carbocycles. The van der Waals surface area contributed by atoms with Crippen molar-refractivity contribution in [3.05, 3.63) is 64.7 Å². The summed E-state index contributed by atoms with van der Waals surface area (Å²) in [5.41, 5.74) is 2.36. The SMILES string of the molecule is CC[C@@H](Oc1ccc(C)cc1)C(=O)NCCSCc1cccc(Cl)c1. The van der Waals surface area contributed by atoms with Gasteiger partial charge in [-0.3, -0.25) is 4.79 Å². The molecule has 0 aromatic heterocycles. The highest BCUT2D eigenvalue weighted by Crippen LogP contribution is 2.17. The second-order valence-corrected chi connectivity index (χ2v) is 7.34. The number of nitrogens with one attached hydrogen (secondary N) is 1. The number of aryl methyl sites for hydroxylation is 1. The minimum Gasteiger partial charge on any atom is -0.481 e. The lowest BCUT2D eigenvalue weighted by Crippen LogP contribution is -2.39. The van der Waals surface area contributed by atoms with Crippen LogP contribution in [0.1, 0.15) is 24.5 Å². The number of amides is 1. The van der Waals surface area contributed by atoms with Gasteiger partial charge in [-0.1, -0.05) is 48.4 Å². The molecule has 25 heavy (non-hydrogen) atoms. The number of ether oxygens (including phenoxy) is 1. The zero-order valence-electron chi connectivity index (χ0n) is 14.6. The summed E-state index contributed by atoms with van der Waals surface area (Å²) in [4.78, 5) is 12.3. The standard InChI is InChI=1S/C20H24ClNO2S/c1-3-19(24-18-9-7-15(2)8-10-18)20(23)22-11-12-25-14-16-5-4-6-17(21)13-16/h4-10,13,19H,3,11-12,14H2,1-2H3,(H,22,23)/t19-/m1/s1. The van der Waals surface area contributed by atoms with Gasteiger partial charge in [-0.2, -0.15) is 11.8 Å². The fraction of sp³-hybridized carbons (Fsp3) is 0.350. The van der Waals surface area contributed by atoms with Crippen LogP contribution in [0.4, 0.5) is 0 Å². The van der Waals surface area contributed by atoms with Gasteiger partial charge in [0.1, 0.15) is 5.75 Å². The lowest BCUT2D eigenvalue weighted by molar-refractivity contribution is -0.127. The fourth-order valence-electron chi connectivity index (χ4n) is 2.28. The smallest absolute Gasteiger partial charge is 0.261 e. The average Bonchev–Trinajstić information content (AvgIpc) is 2.61. The predicted molar refractivity (Wildman–Crippen MR) is 107 cm³/mol. The van der Waals surface area contributed by atoms with E-state index in [1.54, 1.807) is 11.8 Å². The molecular weight excluding hydrogens is 354 g/mol. The molecule has 0 unspecified atom stereocenters. The molecule has 2 aromatic carbocycles. The van der Waals surface area contributed by atoms with Crippen LogP contribution >= 0.6 is 23.4 Å². The Hall–Kier alpha value is -1.65. The van der Waals surface area contributed by atoms with Gasteiger partial charge in [0.25, 0.3) is 5.91 Å². The van der Waals surface area contributed by atoms with Crippen LogP contribution in [0.5, 0.6) is 5.75 Å². The summed E-state index contributed by atoms with van der Waals surface area (Å²) in [5, 5.41) is 3.71. The summed E-state index contributed by atoms with van der Waals surface area (Å²) < 4.78 is 5.79. The van der Waals surface area contributed by atoms with Crippen molar-refractivity contribution in [1.29, 1.82) is 0 Å². The van der Waals surface area contributed by atoms with Crippen molar-refractivity contribution >= 4 is 29.3 Å². The first kappa shape index (κ1) is 19.7. The van der Waals surface area contributed by atoms with Crippen LogP contribution in [-0.2, 0) is 10.5 Å². The van der Waals surface area contributed by atoms with Crippen LogP contribution in [0, 0.1) is 6.92 Å². The molecule has 2 aromatic rings. The Labute approximate surface area is 159 Å². The number of carbonyl (C=O) groups excluding carboxylic acids is 1. The highest BCUT2D eigenvalue weighted by molar-refractivity contribution is 7.98. The van der Waals surface area contributed by atoms with Crippen molar-refractivity contribution in [3.8, 4) is 5.75 Å². The maximum Gasteiger partial charge on any atom is 0.261 e. The Morgan fingerprint density at radius 1 is 1.24 bits per heavy atom. The van der Waals surface area contributed by atoms with Crippen molar-refractivity contribution in [2.24, 2.45) is 0 Å². The van der Waals surface area contributed by atoms with Crippen LogP contribution in [0.3, 0.4) is 0 Å². The Balaban J connectivity index is 1.69. The molecular formula is C20H24ClNO2S. The number of halogens is 1. The number of hydrogen-bond acceptors (Lipinski definition) is 3. The number of carbonyl (C=O) groups is 1. The molecule has 0 saturated carbocycles. The van der Waals surface area contributed by atoms with E-state index in [4.69, 9.17) is 16.3 Å². The largest absolute Gasteiger partial charge is 0.481 e. The molecule has 0 saturated heterocycles. The molecule has 0 radical (unpaired) electrons. The lowest BCUT2D eigenvalue weighted by Gasteiger charge is -2.17. The molecule has 3 nitrogen and oxygen atoms in total. The van der Waals surface area contributed by atoms with E-state index in [-0.39, 0.29) is 5.91 Å². The highest BCUT2D eigenvalue weighted by atomic mass is 35.5. The Kier molecular flexibility index (Phi) is 8.16. The molecule has 0 aliphatic rings. The summed E-state index contributed by atoms with van der Waals surface area (Å²) in [7, 11) is 0. The molecule has 1 N–H and O–H groups in total. The van der Waals surface area contributed by atoms with Gasteiger partial charge in [0, 0.05) is 23.1 Å². The monoisotopic (exact) mass is 377 g/mol. The molecule has 2 rings (SSSR count). The van der Waals surface area contributed by atoms with Gasteiger partial charge in [0.15, 0.2) is 6.10 Å². The molecule has 134 valence electrons. The summed E-state index contributed by atoms with van der Waals surface area (Å²) in [6, 6.07) is 15.6. The summed E-state index contributed by atoms with van der Waals surface area (Å²) in [5.74, 6) is 2.39. The third-order valence-electron chi connectivity index (χ3n) is 3.67. The van der Waals surface area contributed by atoms with E-state index in [2.05, 4.69) is 11.4 Å². The molecule has 1 amide bonds. The van der Waals surface area contributed by atoms with E-state index in [0.717, 1.165) is 22.3 Å². The second kappa shape index (κ2) is 10.4. The van der Waals surface area contributed by atoms with E-state index in [0.29, 0.717) is 13.0 Å². The minimum atomic E-state index is -0.458. The van der Waals surface area contributed by atoms with Crippen LogP contribution in [0.25, 0.3) is 0 Å². The predicted octanol–water partition coefficient (Wildman–Crippen LogP) is 4.86. The normalized spacial score (nSPS) is 11.8. The molecule has 0 fully saturated rings. The Morgan fingerprint density at radius 3 is 2.68 bits per heavy atom. The number of hydrogen-bond donors (Lipinski definition) is 1. The van der Waals surface area contributed by atoms with Gasteiger partial charge in [0.2, 0.25) is 0 Å². The molecule has 1 atom stereocenters. The van der Waals surface area contributed by atoms with Gasteiger partial charge in [-0.15, -0.1) is 0 Å². The fourth-order valence-corrected chi connectivity index (χ4v) is 3.30. The first-order valence-corrected chi connectivity index (χ1v) is 9.95. The van der Waals surface area contributed by atoms with E-state index in [9.17, 15) is 4.79 Å². The van der Waals surface area contributed by atoms with E-state index in [1.807, 2.05) is 56.3 Å². The maximum absolute atomic E-state index is 12.3. The number of rotatable bonds is 9. The van der Waals surface area contributed by atoms with Gasteiger partial charge >= 0.3 is 0 Å². The average molecular weight is 378 g/mol. The van der Waals surface area contributed by atoms with Gasteiger partial charge in [0.05, 0.1) is 0 Å². The first-order chi connectivity index (χ1) is 12.1. The van der Waals surface area contributed by atoms with Gasteiger partial charge in [-0.05, 0) is 43.2 Å². The lowest BCUT2D eigenvalue weighted by atomic mass is 10.2. The zero-order valence-corrected chi connectivity index (χ0v) is 16.2. The Morgan fingerprint density at radius 2 is 2.00 bits per heavy atom. The number of benzene rings is 2. The van der Waals surface area contributed by atoms with Gasteiger partial charge in [-0.25, -0.2) is 0 Å². The minimum absolute atomic E-state index is 0.0635. The van der Waals surface area contributed by atoms with Crippen molar-refractivity contribution in [2.75, 3.05) is 12.3 Å². The first-order valence-electron chi connectivity index (χ1n) is 8.41. The third-order valence-corrected chi connectivity index (χ3v) is 4.93. The molecule has 5 heteroatoms. The third kappa shape index (κ3) is 7.00.